The van der Waals surface area contributed by atoms with Gasteiger partial charge in [0.25, 0.3) is 5.69 Å². The molecule has 3 rings (SSSR count). The first-order valence-corrected chi connectivity index (χ1v) is 10.3. The Morgan fingerprint density at radius 2 is 1.71 bits per heavy atom. The Labute approximate surface area is 167 Å². The fourth-order valence-electron chi connectivity index (χ4n) is 4.35. The number of unbranched alkanes of at least 4 members (excludes halogenated alkanes) is 3. The Morgan fingerprint density at radius 1 is 1.04 bits per heavy atom. The fourth-order valence-corrected chi connectivity index (χ4v) is 4.35. The Bertz CT molecular complexity index is 758. The molecule has 0 radical (unpaired) electrons. The lowest BCUT2D eigenvalue weighted by Gasteiger charge is -2.25. The predicted molar refractivity (Wildman–Crippen MR) is 112 cm³/mol. The number of nitro groups is 1. The van der Waals surface area contributed by atoms with Crippen molar-refractivity contribution >= 4 is 5.69 Å². The smallest absolute Gasteiger partial charge is 0.269 e. The van der Waals surface area contributed by atoms with E-state index in [4.69, 9.17) is 4.74 Å². The van der Waals surface area contributed by atoms with E-state index in [0.29, 0.717) is 11.8 Å². The van der Waals surface area contributed by atoms with Crippen molar-refractivity contribution in [3.05, 3.63) is 69.8 Å². The van der Waals surface area contributed by atoms with Crippen molar-refractivity contribution in [1.82, 2.24) is 5.32 Å². The van der Waals surface area contributed by atoms with Gasteiger partial charge in [0.15, 0.2) is 0 Å². The molecule has 0 spiro atoms. The standard InChI is InChI=1S/C23H30N2O3/c1-3-4-5-6-7-21-22(17-10-14-20(28-2)15-11-17)16-24-23(21)18-8-12-19(13-9-18)25(26)27/h8-15,21-24H,3-7,16H2,1-2H3/t21-,22-,23-/m1/s1. The number of nitrogens with zero attached hydrogens (tertiary/aromatic N) is 1. The predicted octanol–water partition coefficient (Wildman–Crippen LogP) is 5.62. The molecule has 1 aliphatic rings. The summed E-state index contributed by atoms with van der Waals surface area (Å²) in [7, 11) is 1.69. The van der Waals surface area contributed by atoms with Crippen LogP contribution in [0.2, 0.25) is 0 Å². The maximum atomic E-state index is 11.0. The highest BCUT2D eigenvalue weighted by molar-refractivity contribution is 5.37. The number of non-ortho nitro benzene ring substituents is 1. The van der Waals surface area contributed by atoms with Crippen molar-refractivity contribution in [3.8, 4) is 5.75 Å². The zero-order chi connectivity index (χ0) is 19.9. The molecule has 3 atom stereocenters. The molecule has 1 saturated heterocycles. The minimum atomic E-state index is -0.339. The van der Waals surface area contributed by atoms with E-state index in [1.165, 1.54) is 31.2 Å². The maximum absolute atomic E-state index is 11.0. The van der Waals surface area contributed by atoms with Crippen LogP contribution in [0.3, 0.4) is 0 Å². The number of methoxy groups -OCH3 is 1. The minimum absolute atomic E-state index is 0.146. The monoisotopic (exact) mass is 382 g/mol. The van der Waals surface area contributed by atoms with Gasteiger partial charge in [0.05, 0.1) is 12.0 Å². The minimum Gasteiger partial charge on any atom is -0.497 e. The van der Waals surface area contributed by atoms with Gasteiger partial charge in [-0.05, 0) is 35.6 Å². The topological polar surface area (TPSA) is 64.4 Å². The van der Waals surface area contributed by atoms with Gasteiger partial charge in [0.1, 0.15) is 5.75 Å². The van der Waals surface area contributed by atoms with Crippen molar-refractivity contribution in [2.45, 2.75) is 51.0 Å². The van der Waals surface area contributed by atoms with E-state index in [1.54, 1.807) is 19.2 Å². The molecule has 1 fully saturated rings. The first-order chi connectivity index (χ1) is 13.6. The fraction of sp³-hybridized carbons (Fsp3) is 0.478. The SMILES string of the molecule is CCCCCC[C@@H]1[C@@H](c2ccc(OC)cc2)CN[C@@H]1c1ccc([N+](=O)[O-])cc1. The highest BCUT2D eigenvalue weighted by atomic mass is 16.6. The third-order valence-corrected chi connectivity index (χ3v) is 5.90. The molecular weight excluding hydrogens is 352 g/mol. The Hall–Kier alpha value is -2.40. The summed E-state index contributed by atoms with van der Waals surface area (Å²) in [5.41, 5.74) is 2.62. The molecule has 0 unspecified atom stereocenters. The largest absolute Gasteiger partial charge is 0.497 e. The van der Waals surface area contributed by atoms with E-state index in [2.05, 4.69) is 24.4 Å². The number of nitrogens with one attached hydrogen (secondary N) is 1. The second kappa shape index (κ2) is 9.69. The van der Waals surface area contributed by atoms with Gasteiger partial charge in [-0.3, -0.25) is 10.1 Å². The molecule has 0 bridgehead atoms. The number of ether oxygens (including phenoxy) is 1. The van der Waals surface area contributed by atoms with Gasteiger partial charge < -0.3 is 10.1 Å². The second-order valence-electron chi connectivity index (χ2n) is 7.63. The molecule has 5 heteroatoms. The highest BCUT2D eigenvalue weighted by Crippen LogP contribution is 2.43. The van der Waals surface area contributed by atoms with E-state index in [-0.39, 0.29) is 16.7 Å². The summed E-state index contributed by atoms with van der Waals surface area (Å²) in [6, 6.07) is 15.7. The highest BCUT2D eigenvalue weighted by Gasteiger charge is 2.37. The quantitative estimate of drug-likeness (QED) is 0.347. The van der Waals surface area contributed by atoms with Gasteiger partial charge in [0.2, 0.25) is 0 Å². The summed E-state index contributed by atoms with van der Waals surface area (Å²) in [5.74, 6) is 1.79. The van der Waals surface area contributed by atoms with Gasteiger partial charge in [-0.25, -0.2) is 0 Å². The van der Waals surface area contributed by atoms with Crippen LogP contribution in [0.5, 0.6) is 5.75 Å². The van der Waals surface area contributed by atoms with Crippen LogP contribution in [0.1, 0.15) is 62.1 Å². The number of rotatable bonds is 9. The first kappa shape index (κ1) is 20.3. The molecular formula is C23H30N2O3. The molecule has 1 N–H and O–H groups in total. The van der Waals surface area contributed by atoms with E-state index in [9.17, 15) is 10.1 Å². The molecule has 28 heavy (non-hydrogen) atoms. The van der Waals surface area contributed by atoms with Crippen molar-refractivity contribution in [2.75, 3.05) is 13.7 Å². The van der Waals surface area contributed by atoms with Crippen molar-refractivity contribution in [3.63, 3.8) is 0 Å². The van der Waals surface area contributed by atoms with Gasteiger partial charge in [-0.2, -0.15) is 0 Å². The zero-order valence-electron chi connectivity index (χ0n) is 16.8. The number of nitro benzene ring substituents is 1. The molecule has 0 amide bonds. The summed E-state index contributed by atoms with van der Waals surface area (Å²) >= 11 is 0. The average molecular weight is 383 g/mol. The number of hydrogen-bond donors (Lipinski definition) is 1. The van der Waals surface area contributed by atoms with Crippen molar-refractivity contribution in [1.29, 1.82) is 0 Å². The van der Waals surface area contributed by atoms with Crippen molar-refractivity contribution in [2.24, 2.45) is 5.92 Å². The van der Waals surface area contributed by atoms with Gasteiger partial charge >= 0.3 is 0 Å². The third-order valence-electron chi connectivity index (χ3n) is 5.90. The van der Waals surface area contributed by atoms with Crippen LogP contribution in [0.25, 0.3) is 0 Å². The molecule has 1 heterocycles. The normalized spacial score (nSPS) is 21.6. The third kappa shape index (κ3) is 4.71. The van der Waals surface area contributed by atoms with Gasteiger partial charge in [0, 0.05) is 30.6 Å². The summed E-state index contributed by atoms with van der Waals surface area (Å²) < 4.78 is 5.30. The first-order valence-electron chi connectivity index (χ1n) is 10.3. The van der Waals surface area contributed by atoms with Crippen LogP contribution in [0.15, 0.2) is 48.5 Å². The lowest BCUT2D eigenvalue weighted by molar-refractivity contribution is -0.384. The van der Waals surface area contributed by atoms with E-state index < -0.39 is 0 Å². The lowest BCUT2D eigenvalue weighted by Crippen LogP contribution is -2.18. The molecule has 0 aliphatic carbocycles. The molecule has 0 saturated carbocycles. The lowest BCUT2D eigenvalue weighted by atomic mass is 9.79. The summed E-state index contributed by atoms with van der Waals surface area (Å²) in [6.07, 6.45) is 6.14. The summed E-state index contributed by atoms with van der Waals surface area (Å²) in [6.45, 7) is 3.16. The van der Waals surface area contributed by atoms with Gasteiger partial charge in [-0.15, -0.1) is 0 Å². The summed E-state index contributed by atoms with van der Waals surface area (Å²) in [5, 5.41) is 14.7. The number of hydrogen-bond acceptors (Lipinski definition) is 4. The van der Waals surface area contributed by atoms with Crippen LogP contribution in [-0.4, -0.2) is 18.6 Å². The van der Waals surface area contributed by atoms with Gasteiger partial charge in [-0.1, -0.05) is 56.9 Å². The summed E-state index contributed by atoms with van der Waals surface area (Å²) in [4.78, 5) is 10.6. The second-order valence-corrected chi connectivity index (χ2v) is 7.63. The molecule has 5 nitrogen and oxygen atoms in total. The number of benzene rings is 2. The van der Waals surface area contributed by atoms with E-state index >= 15 is 0 Å². The average Bonchev–Trinajstić information content (AvgIpc) is 3.15. The van der Waals surface area contributed by atoms with Crippen LogP contribution < -0.4 is 10.1 Å². The van der Waals surface area contributed by atoms with Crippen LogP contribution in [0, 0.1) is 16.0 Å². The Kier molecular flexibility index (Phi) is 7.04. The van der Waals surface area contributed by atoms with Crippen LogP contribution in [-0.2, 0) is 0 Å². The van der Waals surface area contributed by atoms with Crippen molar-refractivity contribution < 1.29 is 9.66 Å². The molecule has 150 valence electrons. The Morgan fingerprint density at radius 3 is 2.32 bits per heavy atom. The molecule has 1 aliphatic heterocycles. The van der Waals surface area contributed by atoms with Crippen LogP contribution in [0.4, 0.5) is 5.69 Å². The van der Waals surface area contributed by atoms with Crippen LogP contribution >= 0.6 is 0 Å². The maximum Gasteiger partial charge on any atom is 0.269 e. The molecule has 0 aromatic heterocycles. The van der Waals surface area contributed by atoms with E-state index in [0.717, 1.165) is 24.3 Å². The zero-order valence-corrected chi connectivity index (χ0v) is 16.8. The Balaban J connectivity index is 1.80. The van der Waals surface area contributed by atoms with E-state index in [1.807, 2.05) is 24.3 Å². The molecule has 2 aromatic carbocycles. The molecule has 2 aromatic rings.